The lowest BCUT2D eigenvalue weighted by atomic mass is 9.95. The van der Waals surface area contributed by atoms with Crippen molar-refractivity contribution in [3.05, 3.63) is 40.0 Å². The van der Waals surface area contributed by atoms with Gasteiger partial charge in [-0.05, 0) is 69.6 Å². The molecule has 0 N–H and O–H groups in total. The topological polar surface area (TPSA) is 29.0 Å². The smallest absolute Gasteiger partial charge is 0.150 e. The molecule has 0 aliphatic heterocycles. The third-order valence-corrected chi connectivity index (χ3v) is 6.39. The summed E-state index contributed by atoms with van der Waals surface area (Å²) in [6.45, 7) is 13.1. The van der Waals surface area contributed by atoms with Crippen LogP contribution in [-0.4, -0.2) is 23.1 Å². The van der Waals surface area contributed by atoms with Gasteiger partial charge in [-0.1, -0.05) is 24.6 Å². The van der Waals surface area contributed by atoms with Gasteiger partial charge in [0.2, 0.25) is 0 Å². The minimum Gasteiger partial charge on any atom is -0.355 e. The maximum Gasteiger partial charge on any atom is 0.150 e. The van der Waals surface area contributed by atoms with Crippen LogP contribution >= 0.6 is 11.3 Å². The summed E-state index contributed by atoms with van der Waals surface area (Å²) in [5, 5.41) is 2.29. The lowest BCUT2D eigenvalue weighted by Crippen LogP contribution is -2.27. The molecule has 3 aromatic rings. The number of anilines is 1. The van der Waals surface area contributed by atoms with Crippen LogP contribution in [-0.2, 0) is 0 Å². The van der Waals surface area contributed by atoms with Crippen molar-refractivity contribution in [1.82, 2.24) is 9.97 Å². The minimum absolute atomic E-state index is 0.850. The average Bonchev–Trinajstić information content (AvgIpc) is 3.32. The molecule has 1 aliphatic carbocycles. The first-order valence-corrected chi connectivity index (χ1v) is 10.9. The standard InChI is InChI=1S/C23H29N3S/c1-6-9-26(12-18-7-8-18)23-22-21(24-17(5)25-23)19(13-27-22)20-15(3)10-14(2)11-16(20)4/h10-11,13,18H,6-9,12H2,1-5H3. The van der Waals surface area contributed by atoms with E-state index in [1.807, 2.05) is 6.92 Å². The second-order valence-electron chi connectivity index (χ2n) is 8.08. The molecule has 0 atom stereocenters. The zero-order chi connectivity index (χ0) is 19.1. The first-order chi connectivity index (χ1) is 13.0. The van der Waals surface area contributed by atoms with Crippen LogP contribution < -0.4 is 4.90 Å². The van der Waals surface area contributed by atoms with Crippen LogP contribution in [0.5, 0.6) is 0 Å². The van der Waals surface area contributed by atoms with Gasteiger partial charge in [-0.25, -0.2) is 9.97 Å². The second-order valence-corrected chi connectivity index (χ2v) is 8.96. The number of hydrogen-bond acceptors (Lipinski definition) is 4. The molecule has 1 fully saturated rings. The molecule has 142 valence electrons. The molecular formula is C23H29N3S. The Morgan fingerprint density at radius 3 is 2.41 bits per heavy atom. The van der Waals surface area contributed by atoms with E-state index in [-0.39, 0.29) is 0 Å². The Kier molecular flexibility index (Phi) is 4.94. The van der Waals surface area contributed by atoms with Crippen LogP contribution in [0.2, 0.25) is 0 Å². The largest absolute Gasteiger partial charge is 0.355 e. The fourth-order valence-corrected chi connectivity index (χ4v) is 5.19. The van der Waals surface area contributed by atoms with Gasteiger partial charge in [0.25, 0.3) is 0 Å². The number of fused-ring (bicyclic) bond motifs is 1. The van der Waals surface area contributed by atoms with E-state index < -0.39 is 0 Å². The molecular weight excluding hydrogens is 350 g/mol. The van der Waals surface area contributed by atoms with Gasteiger partial charge in [-0.3, -0.25) is 0 Å². The van der Waals surface area contributed by atoms with Gasteiger partial charge in [-0.2, -0.15) is 0 Å². The zero-order valence-electron chi connectivity index (χ0n) is 17.1. The summed E-state index contributed by atoms with van der Waals surface area (Å²) < 4.78 is 1.24. The van der Waals surface area contributed by atoms with E-state index >= 15 is 0 Å². The maximum absolute atomic E-state index is 4.89. The van der Waals surface area contributed by atoms with Crippen LogP contribution in [0, 0.1) is 33.6 Å². The summed E-state index contributed by atoms with van der Waals surface area (Å²) in [5.41, 5.74) is 7.69. The molecule has 0 unspecified atom stereocenters. The van der Waals surface area contributed by atoms with Crippen LogP contribution in [0.25, 0.3) is 21.3 Å². The van der Waals surface area contributed by atoms with E-state index in [4.69, 9.17) is 9.97 Å². The second kappa shape index (κ2) is 7.23. The van der Waals surface area contributed by atoms with E-state index in [0.29, 0.717) is 0 Å². The van der Waals surface area contributed by atoms with E-state index in [2.05, 4.69) is 50.1 Å². The normalized spacial score (nSPS) is 14.1. The SMILES string of the molecule is CCCN(CC1CC1)c1nc(C)nc2c(-c3c(C)cc(C)cc3C)csc12. The van der Waals surface area contributed by atoms with E-state index in [1.165, 1.54) is 45.4 Å². The third kappa shape index (κ3) is 3.60. The molecule has 0 radical (unpaired) electrons. The summed E-state index contributed by atoms with van der Waals surface area (Å²) in [4.78, 5) is 12.3. The molecule has 1 saturated carbocycles. The zero-order valence-corrected chi connectivity index (χ0v) is 17.9. The van der Waals surface area contributed by atoms with Crippen LogP contribution in [0.1, 0.15) is 48.7 Å². The number of benzene rings is 1. The first kappa shape index (κ1) is 18.4. The lowest BCUT2D eigenvalue weighted by Gasteiger charge is -2.24. The summed E-state index contributed by atoms with van der Waals surface area (Å²) in [7, 11) is 0. The molecule has 1 aliphatic rings. The summed E-state index contributed by atoms with van der Waals surface area (Å²) in [6, 6.07) is 4.55. The molecule has 0 amide bonds. The highest BCUT2D eigenvalue weighted by Crippen LogP contribution is 2.41. The summed E-state index contributed by atoms with van der Waals surface area (Å²) in [5.74, 6) is 2.87. The third-order valence-electron chi connectivity index (χ3n) is 5.42. The highest BCUT2D eigenvalue weighted by Gasteiger charge is 2.27. The molecule has 4 rings (SSSR count). The monoisotopic (exact) mass is 379 g/mol. The van der Waals surface area contributed by atoms with Crippen molar-refractivity contribution in [1.29, 1.82) is 0 Å². The van der Waals surface area contributed by atoms with Gasteiger partial charge in [0.1, 0.15) is 11.6 Å². The predicted molar refractivity (Wildman–Crippen MR) is 117 cm³/mol. The quantitative estimate of drug-likeness (QED) is 0.509. The van der Waals surface area contributed by atoms with Crippen molar-refractivity contribution in [3.63, 3.8) is 0 Å². The van der Waals surface area contributed by atoms with Crippen molar-refractivity contribution < 1.29 is 0 Å². The van der Waals surface area contributed by atoms with Gasteiger partial charge in [0.05, 0.1) is 10.2 Å². The summed E-state index contributed by atoms with van der Waals surface area (Å²) in [6.07, 6.45) is 3.88. The number of hydrogen-bond donors (Lipinski definition) is 0. The van der Waals surface area contributed by atoms with E-state index in [1.54, 1.807) is 11.3 Å². The molecule has 0 saturated heterocycles. The van der Waals surface area contributed by atoms with Gasteiger partial charge >= 0.3 is 0 Å². The molecule has 1 aromatic carbocycles. The Balaban J connectivity index is 1.87. The minimum atomic E-state index is 0.850. The van der Waals surface area contributed by atoms with Crippen molar-refractivity contribution in [2.45, 2.75) is 53.9 Å². The molecule has 27 heavy (non-hydrogen) atoms. The number of aromatic nitrogens is 2. The van der Waals surface area contributed by atoms with Crippen LogP contribution in [0.15, 0.2) is 17.5 Å². The fourth-order valence-electron chi connectivity index (χ4n) is 4.17. The number of nitrogens with zero attached hydrogens (tertiary/aromatic N) is 3. The Bertz CT molecular complexity index is 962. The Morgan fingerprint density at radius 2 is 1.78 bits per heavy atom. The van der Waals surface area contributed by atoms with Crippen molar-refractivity contribution in [3.8, 4) is 11.1 Å². The Labute approximate surface area is 166 Å². The Hall–Kier alpha value is -1.94. The van der Waals surface area contributed by atoms with Gasteiger partial charge in [0, 0.05) is 24.0 Å². The number of aryl methyl sites for hydroxylation is 4. The van der Waals surface area contributed by atoms with Crippen molar-refractivity contribution >= 4 is 27.4 Å². The number of thiophene rings is 1. The predicted octanol–water partition coefficient (Wildman–Crippen LogP) is 6.22. The number of rotatable bonds is 6. The van der Waals surface area contributed by atoms with Crippen LogP contribution in [0.4, 0.5) is 5.82 Å². The fraction of sp³-hybridized carbons (Fsp3) is 0.478. The van der Waals surface area contributed by atoms with Gasteiger partial charge < -0.3 is 4.90 Å². The van der Waals surface area contributed by atoms with Gasteiger partial charge in [0.15, 0.2) is 0 Å². The first-order valence-electron chi connectivity index (χ1n) is 10.1. The maximum atomic E-state index is 4.89. The lowest BCUT2D eigenvalue weighted by molar-refractivity contribution is 0.700. The van der Waals surface area contributed by atoms with Gasteiger partial charge in [-0.15, -0.1) is 11.3 Å². The molecule has 0 spiro atoms. The van der Waals surface area contributed by atoms with E-state index in [0.717, 1.165) is 42.6 Å². The molecule has 2 heterocycles. The highest BCUT2D eigenvalue weighted by atomic mass is 32.1. The van der Waals surface area contributed by atoms with Crippen LogP contribution in [0.3, 0.4) is 0 Å². The molecule has 0 bridgehead atoms. The molecule has 2 aromatic heterocycles. The van der Waals surface area contributed by atoms with E-state index in [9.17, 15) is 0 Å². The average molecular weight is 380 g/mol. The van der Waals surface area contributed by atoms with Crippen molar-refractivity contribution in [2.75, 3.05) is 18.0 Å². The highest BCUT2D eigenvalue weighted by molar-refractivity contribution is 7.18. The molecule has 4 heteroatoms. The van der Waals surface area contributed by atoms with Crippen molar-refractivity contribution in [2.24, 2.45) is 5.92 Å². The summed E-state index contributed by atoms with van der Waals surface area (Å²) >= 11 is 1.80. The Morgan fingerprint density at radius 1 is 1.07 bits per heavy atom. The molecule has 3 nitrogen and oxygen atoms in total.